The smallest absolute Gasteiger partial charge is 0.263 e. The van der Waals surface area contributed by atoms with Crippen LogP contribution in [0.4, 0.5) is 5.13 Å². The minimum absolute atomic E-state index is 0.0410. The summed E-state index contributed by atoms with van der Waals surface area (Å²) in [7, 11) is 0. The summed E-state index contributed by atoms with van der Waals surface area (Å²) in [6.45, 7) is 13.0. The fourth-order valence-corrected chi connectivity index (χ4v) is 3.98. The molecule has 3 rings (SSSR count). The van der Waals surface area contributed by atoms with Crippen molar-refractivity contribution in [3.8, 4) is 5.75 Å². The summed E-state index contributed by atoms with van der Waals surface area (Å²) in [4.78, 5) is 21.4. The van der Waals surface area contributed by atoms with Gasteiger partial charge in [-0.3, -0.25) is 4.79 Å². The number of rotatable bonds is 5. The molecule has 1 aromatic heterocycles. The number of carbonyl (C=O) groups is 1. The van der Waals surface area contributed by atoms with E-state index >= 15 is 0 Å². The molecule has 1 atom stereocenters. The highest BCUT2D eigenvalue weighted by atomic mass is 32.1. The molecule has 2 heterocycles. The lowest BCUT2D eigenvalue weighted by Crippen LogP contribution is -2.52. The van der Waals surface area contributed by atoms with E-state index in [4.69, 9.17) is 4.74 Å². The topological polar surface area (TPSA) is 58.6 Å². The van der Waals surface area contributed by atoms with Crippen LogP contribution in [0.5, 0.6) is 5.75 Å². The molecule has 146 valence electrons. The molecule has 0 radical (unpaired) electrons. The van der Waals surface area contributed by atoms with Crippen LogP contribution >= 0.6 is 11.5 Å². The third-order valence-electron chi connectivity index (χ3n) is 4.82. The Morgan fingerprint density at radius 2 is 1.85 bits per heavy atom. The number of hydrogen-bond donors (Lipinski definition) is 0. The van der Waals surface area contributed by atoms with Gasteiger partial charge in [-0.05, 0) is 43.9 Å². The van der Waals surface area contributed by atoms with Crippen LogP contribution in [0.2, 0.25) is 0 Å². The Balaban J connectivity index is 1.61. The van der Waals surface area contributed by atoms with Gasteiger partial charge in [0.05, 0.1) is 0 Å². The lowest BCUT2D eigenvalue weighted by Gasteiger charge is -2.35. The first kappa shape index (κ1) is 19.6. The van der Waals surface area contributed by atoms with Crippen LogP contribution in [0.15, 0.2) is 18.2 Å². The summed E-state index contributed by atoms with van der Waals surface area (Å²) < 4.78 is 10.3. The molecule has 0 unspecified atom stereocenters. The van der Waals surface area contributed by atoms with E-state index in [0.717, 1.165) is 40.9 Å². The van der Waals surface area contributed by atoms with E-state index in [1.807, 2.05) is 31.7 Å². The number of anilines is 1. The number of hydrogen-bond acceptors (Lipinski definition) is 6. The molecule has 1 fully saturated rings. The maximum Gasteiger partial charge on any atom is 0.263 e. The average Bonchev–Trinajstić information content (AvgIpc) is 3.07. The number of aryl methyl sites for hydroxylation is 2. The molecular weight excluding hydrogens is 360 g/mol. The van der Waals surface area contributed by atoms with Crippen molar-refractivity contribution in [3.63, 3.8) is 0 Å². The number of carbonyl (C=O) groups excluding carboxylic acids is 1. The van der Waals surface area contributed by atoms with Crippen molar-refractivity contribution in [2.24, 2.45) is 0 Å². The second-order valence-corrected chi connectivity index (χ2v) is 8.12. The van der Waals surface area contributed by atoms with Crippen LogP contribution in [0.25, 0.3) is 0 Å². The molecule has 0 bridgehead atoms. The summed E-state index contributed by atoms with van der Waals surface area (Å²) in [5, 5.41) is 0.935. The molecule has 27 heavy (non-hydrogen) atoms. The third-order valence-corrected chi connectivity index (χ3v) is 5.69. The van der Waals surface area contributed by atoms with Crippen LogP contribution in [-0.2, 0) is 4.79 Å². The first-order valence-corrected chi connectivity index (χ1v) is 10.2. The fourth-order valence-electron chi connectivity index (χ4n) is 3.25. The van der Waals surface area contributed by atoms with Crippen LogP contribution in [0.1, 0.15) is 43.6 Å². The lowest BCUT2D eigenvalue weighted by molar-refractivity contribution is -0.138. The quantitative estimate of drug-likeness (QED) is 0.786. The molecule has 0 saturated carbocycles. The molecular formula is C20H28N4O2S. The third kappa shape index (κ3) is 4.58. The molecule has 1 aliphatic heterocycles. The van der Waals surface area contributed by atoms with Gasteiger partial charge in [-0.2, -0.15) is 4.37 Å². The largest absolute Gasteiger partial charge is 0.481 e. The second-order valence-electron chi connectivity index (χ2n) is 7.39. The van der Waals surface area contributed by atoms with Crippen molar-refractivity contribution in [1.29, 1.82) is 0 Å². The number of nitrogens with zero attached hydrogens (tertiary/aromatic N) is 4. The van der Waals surface area contributed by atoms with Gasteiger partial charge in [0.15, 0.2) is 6.10 Å². The Labute approximate surface area is 165 Å². The molecule has 1 aromatic carbocycles. The Kier molecular flexibility index (Phi) is 5.99. The van der Waals surface area contributed by atoms with Crippen LogP contribution in [-0.4, -0.2) is 52.4 Å². The van der Waals surface area contributed by atoms with Gasteiger partial charge in [-0.25, -0.2) is 4.98 Å². The standard InChI is InChI=1S/C20H28N4O2S/c1-13(2)17-7-6-14(3)12-18(17)26-15(4)19(25)23-8-10-24(11-9-23)20-21-16(5)22-27-20/h6-7,12-13,15H,8-11H2,1-5H3/t15-/m0/s1. The first-order chi connectivity index (χ1) is 12.8. The van der Waals surface area contributed by atoms with Crippen molar-refractivity contribution >= 4 is 22.6 Å². The summed E-state index contributed by atoms with van der Waals surface area (Å²) >= 11 is 1.42. The summed E-state index contributed by atoms with van der Waals surface area (Å²) in [5.41, 5.74) is 2.27. The average molecular weight is 389 g/mol. The minimum Gasteiger partial charge on any atom is -0.481 e. The van der Waals surface area contributed by atoms with E-state index in [-0.39, 0.29) is 5.91 Å². The number of piperazine rings is 1. The van der Waals surface area contributed by atoms with Gasteiger partial charge in [-0.15, -0.1) is 0 Å². The molecule has 0 aliphatic carbocycles. The van der Waals surface area contributed by atoms with E-state index in [1.165, 1.54) is 11.5 Å². The van der Waals surface area contributed by atoms with Crippen molar-refractivity contribution < 1.29 is 9.53 Å². The highest BCUT2D eigenvalue weighted by Gasteiger charge is 2.27. The number of aromatic nitrogens is 2. The van der Waals surface area contributed by atoms with Crippen LogP contribution < -0.4 is 9.64 Å². The molecule has 6 nitrogen and oxygen atoms in total. The molecule has 0 spiro atoms. The van der Waals surface area contributed by atoms with E-state index in [1.54, 1.807) is 0 Å². The van der Waals surface area contributed by atoms with Crippen LogP contribution in [0.3, 0.4) is 0 Å². The van der Waals surface area contributed by atoms with Gasteiger partial charge in [0.2, 0.25) is 5.13 Å². The van der Waals surface area contributed by atoms with Gasteiger partial charge in [-0.1, -0.05) is 26.0 Å². The number of ether oxygens (including phenoxy) is 1. The number of amides is 1. The minimum atomic E-state index is -0.500. The zero-order valence-electron chi connectivity index (χ0n) is 16.7. The van der Waals surface area contributed by atoms with E-state index in [9.17, 15) is 4.79 Å². The van der Waals surface area contributed by atoms with Gasteiger partial charge in [0.25, 0.3) is 5.91 Å². The summed E-state index contributed by atoms with van der Waals surface area (Å²) in [6, 6.07) is 6.20. The Morgan fingerprint density at radius 3 is 2.44 bits per heavy atom. The molecule has 1 aliphatic rings. The second kappa shape index (κ2) is 8.25. The maximum atomic E-state index is 12.9. The van der Waals surface area contributed by atoms with Crippen molar-refractivity contribution in [2.75, 3.05) is 31.1 Å². The Hall–Kier alpha value is -2.15. The molecule has 0 N–H and O–H groups in total. The predicted octanol–water partition coefficient (Wildman–Crippen LogP) is 3.39. The van der Waals surface area contributed by atoms with Crippen molar-refractivity contribution in [1.82, 2.24) is 14.3 Å². The van der Waals surface area contributed by atoms with Gasteiger partial charge in [0, 0.05) is 37.7 Å². The number of benzene rings is 1. The van der Waals surface area contributed by atoms with Crippen molar-refractivity contribution in [2.45, 2.75) is 46.6 Å². The van der Waals surface area contributed by atoms with Crippen LogP contribution in [0, 0.1) is 13.8 Å². The molecule has 1 saturated heterocycles. The summed E-state index contributed by atoms with van der Waals surface area (Å²) in [5.74, 6) is 2.00. The van der Waals surface area contributed by atoms with E-state index < -0.39 is 6.10 Å². The van der Waals surface area contributed by atoms with E-state index in [2.05, 4.69) is 40.2 Å². The maximum absolute atomic E-state index is 12.9. The Morgan fingerprint density at radius 1 is 1.15 bits per heavy atom. The fraction of sp³-hybridized carbons (Fsp3) is 0.550. The normalized spacial score (nSPS) is 15.9. The zero-order valence-corrected chi connectivity index (χ0v) is 17.5. The summed E-state index contributed by atoms with van der Waals surface area (Å²) in [6.07, 6.45) is -0.500. The zero-order chi connectivity index (χ0) is 19.6. The van der Waals surface area contributed by atoms with Gasteiger partial charge in [0.1, 0.15) is 11.6 Å². The van der Waals surface area contributed by atoms with Gasteiger partial charge < -0.3 is 14.5 Å². The molecule has 1 amide bonds. The highest BCUT2D eigenvalue weighted by molar-refractivity contribution is 7.09. The molecule has 7 heteroatoms. The van der Waals surface area contributed by atoms with Gasteiger partial charge >= 0.3 is 0 Å². The monoisotopic (exact) mass is 388 g/mol. The van der Waals surface area contributed by atoms with E-state index in [0.29, 0.717) is 19.0 Å². The Bertz CT molecular complexity index is 797. The lowest BCUT2D eigenvalue weighted by atomic mass is 10.0. The SMILES string of the molecule is Cc1ccc(C(C)C)c(O[C@@H](C)C(=O)N2CCN(c3nc(C)ns3)CC2)c1. The predicted molar refractivity (Wildman–Crippen MR) is 109 cm³/mol. The highest BCUT2D eigenvalue weighted by Crippen LogP contribution is 2.28. The van der Waals surface area contributed by atoms with Crippen molar-refractivity contribution in [3.05, 3.63) is 35.2 Å². The molecule has 2 aromatic rings. The first-order valence-electron chi connectivity index (χ1n) is 9.46.